The zero-order valence-electron chi connectivity index (χ0n) is 11.2. The summed E-state index contributed by atoms with van der Waals surface area (Å²) in [4.78, 5) is 21.9. The van der Waals surface area contributed by atoms with Gasteiger partial charge in [-0.2, -0.15) is 0 Å². The summed E-state index contributed by atoms with van der Waals surface area (Å²) in [6.07, 6.45) is 0. The Morgan fingerprint density at radius 2 is 1.81 bits per heavy atom. The second kappa shape index (κ2) is 5.91. The van der Waals surface area contributed by atoms with Crippen LogP contribution in [-0.4, -0.2) is 16.1 Å². The summed E-state index contributed by atoms with van der Waals surface area (Å²) in [5.74, 6) is -0.250. The summed E-state index contributed by atoms with van der Waals surface area (Å²) in [7, 11) is 0. The Kier molecular flexibility index (Phi) is 4.03. The number of hydrogen-bond acceptors (Lipinski definition) is 4. The van der Waals surface area contributed by atoms with Crippen molar-refractivity contribution >= 4 is 23.1 Å². The molecule has 0 aliphatic carbocycles. The smallest absolute Gasteiger partial charge is 0.323 e. The standard InChI is InChI=1S/C14H13N3O4/c1-9-2-4-10(5-3-9)15-14(19)16-12-8-11(17(20)21)6-7-13(12)18/h2-8,18H,1H3,(H2,15,16,19). The van der Waals surface area contributed by atoms with Crippen LogP contribution in [0.1, 0.15) is 5.56 Å². The highest BCUT2D eigenvalue weighted by Crippen LogP contribution is 2.27. The van der Waals surface area contributed by atoms with Gasteiger partial charge < -0.3 is 15.7 Å². The summed E-state index contributed by atoms with van der Waals surface area (Å²) in [5, 5.41) is 25.2. The molecule has 7 heteroatoms. The normalized spacial score (nSPS) is 9.95. The van der Waals surface area contributed by atoms with E-state index in [0.29, 0.717) is 5.69 Å². The fourth-order valence-corrected chi connectivity index (χ4v) is 1.66. The minimum absolute atomic E-state index is 0.0335. The lowest BCUT2D eigenvalue weighted by molar-refractivity contribution is -0.384. The number of rotatable bonds is 3. The van der Waals surface area contributed by atoms with Crippen LogP contribution in [0.3, 0.4) is 0 Å². The van der Waals surface area contributed by atoms with E-state index in [1.54, 1.807) is 12.1 Å². The van der Waals surface area contributed by atoms with Crippen LogP contribution < -0.4 is 10.6 Å². The Bertz CT molecular complexity index is 683. The first kappa shape index (κ1) is 14.3. The zero-order valence-corrected chi connectivity index (χ0v) is 11.2. The molecular formula is C14H13N3O4. The molecule has 0 unspecified atom stereocenters. The van der Waals surface area contributed by atoms with Crippen molar-refractivity contribution in [2.45, 2.75) is 6.92 Å². The molecule has 2 rings (SSSR count). The van der Waals surface area contributed by atoms with Gasteiger partial charge >= 0.3 is 6.03 Å². The van der Waals surface area contributed by atoms with E-state index < -0.39 is 11.0 Å². The number of carbonyl (C=O) groups excluding carboxylic acids is 1. The van der Waals surface area contributed by atoms with Crippen molar-refractivity contribution in [1.82, 2.24) is 0 Å². The number of nitrogens with zero attached hydrogens (tertiary/aromatic N) is 1. The number of phenols is 1. The third kappa shape index (κ3) is 3.69. The van der Waals surface area contributed by atoms with E-state index in [2.05, 4.69) is 10.6 Å². The van der Waals surface area contributed by atoms with Crippen molar-refractivity contribution in [3.05, 3.63) is 58.1 Å². The van der Waals surface area contributed by atoms with E-state index >= 15 is 0 Å². The molecule has 2 aromatic rings. The first-order valence-electron chi connectivity index (χ1n) is 6.08. The fourth-order valence-electron chi connectivity index (χ4n) is 1.66. The monoisotopic (exact) mass is 287 g/mol. The fraction of sp³-hybridized carbons (Fsp3) is 0.0714. The molecule has 21 heavy (non-hydrogen) atoms. The van der Waals surface area contributed by atoms with Crippen molar-refractivity contribution in [3.8, 4) is 5.75 Å². The van der Waals surface area contributed by atoms with Crippen molar-refractivity contribution in [3.63, 3.8) is 0 Å². The first-order valence-corrected chi connectivity index (χ1v) is 6.08. The average Bonchev–Trinajstić information content (AvgIpc) is 2.43. The molecule has 7 nitrogen and oxygen atoms in total. The second-order valence-electron chi connectivity index (χ2n) is 4.40. The van der Waals surface area contributed by atoms with Crippen molar-refractivity contribution in [2.24, 2.45) is 0 Å². The maximum Gasteiger partial charge on any atom is 0.323 e. The number of aromatic hydroxyl groups is 1. The largest absolute Gasteiger partial charge is 0.506 e. The van der Waals surface area contributed by atoms with Crippen LogP contribution >= 0.6 is 0 Å². The van der Waals surface area contributed by atoms with Crippen molar-refractivity contribution < 1.29 is 14.8 Å². The van der Waals surface area contributed by atoms with Crippen LogP contribution in [0, 0.1) is 17.0 Å². The molecule has 0 aliphatic rings. The number of carbonyl (C=O) groups is 1. The first-order chi connectivity index (χ1) is 9.95. The van der Waals surface area contributed by atoms with Gasteiger partial charge in [0.25, 0.3) is 5.69 Å². The predicted octanol–water partition coefficient (Wildman–Crippen LogP) is 3.25. The van der Waals surface area contributed by atoms with Gasteiger partial charge in [0.1, 0.15) is 5.75 Å². The minimum Gasteiger partial charge on any atom is -0.506 e. The number of hydrogen-bond donors (Lipinski definition) is 3. The van der Waals surface area contributed by atoms with Crippen LogP contribution in [0.25, 0.3) is 0 Å². The Labute approximate surface area is 120 Å². The number of phenolic OH excluding ortho intramolecular Hbond substituents is 1. The van der Waals surface area contributed by atoms with E-state index in [0.717, 1.165) is 23.8 Å². The summed E-state index contributed by atoms with van der Waals surface area (Å²) < 4.78 is 0. The molecular weight excluding hydrogens is 274 g/mol. The molecule has 0 saturated carbocycles. The highest BCUT2D eigenvalue weighted by Gasteiger charge is 2.12. The SMILES string of the molecule is Cc1ccc(NC(=O)Nc2cc([N+](=O)[O-])ccc2O)cc1. The molecule has 2 aromatic carbocycles. The Morgan fingerprint density at radius 1 is 1.14 bits per heavy atom. The molecule has 0 radical (unpaired) electrons. The molecule has 108 valence electrons. The quantitative estimate of drug-likeness (QED) is 0.457. The Balaban J connectivity index is 2.10. The molecule has 3 N–H and O–H groups in total. The predicted molar refractivity (Wildman–Crippen MR) is 78.6 cm³/mol. The van der Waals surface area contributed by atoms with E-state index in [4.69, 9.17) is 0 Å². The van der Waals surface area contributed by atoms with Gasteiger partial charge in [0.15, 0.2) is 0 Å². The van der Waals surface area contributed by atoms with Crippen LogP contribution in [0.5, 0.6) is 5.75 Å². The van der Waals surface area contributed by atoms with Gasteiger partial charge in [-0.15, -0.1) is 0 Å². The molecule has 0 aliphatic heterocycles. The number of anilines is 2. The number of nitro benzene ring substituents is 1. The van der Waals surface area contributed by atoms with E-state index in [9.17, 15) is 20.0 Å². The number of nitrogens with one attached hydrogen (secondary N) is 2. The Morgan fingerprint density at radius 3 is 2.43 bits per heavy atom. The van der Waals surface area contributed by atoms with Crippen molar-refractivity contribution in [1.29, 1.82) is 0 Å². The second-order valence-corrected chi connectivity index (χ2v) is 4.40. The molecule has 0 aromatic heterocycles. The molecule has 0 saturated heterocycles. The van der Waals surface area contributed by atoms with Crippen LogP contribution in [0.15, 0.2) is 42.5 Å². The maximum absolute atomic E-state index is 11.8. The summed E-state index contributed by atoms with van der Waals surface area (Å²) in [6.45, 7) is 1.92. The maximum atomic E-state index is 11.8. The number of amides is 2. The van der Waals surface area contributed by atoms with E-state index in [-0.39, 0.29) is 17.1 Å². The van der Waals surface area contributed by atoms with Gasteiger partial charge in [0.2, 0.25) is 0 Å². The lowest BCUT2D eigenvalue weighted by Crippen LogP contribution is -2.19. The third-order valence-electron chi connectivity index (χ3n) is 2.75. The molecule has 2 amide bonds. The van der Waals surface area contributed by atoms with Gasteiger partial charge in [-0.1, -0.05) is 17.7 Å². The molecule has 0 heterocycles. The van der Waals surface area contributed by atoms with Crippen LogP contribution in [0.2, 0.25) is 0 Å². The Hall–Kier alpha value is -3.09. The lowest BCUT2D eigenvalue weighted by Gasteiger charge is -2.09. The number of non-ortho nitro benzene ring substituents is 1. The van der Waals surface area contributed by atoms with Crippen LogP contribution in [-0.2, 0) is 0 Å². The van der Waals surface area contributed by atoms with Crippen molar-refractivity contribution in [2.75, 3.05) is 10.6 Å². The summed E-state index contributed by atoms with van der Waals surface area (Å²) >= 11 is 0. The van der Waals surface area contributed by atoms with Gasteiger partial charge in [-0.3, -0.25) is 10.1 Å². The molecule has 0 fully saturated rings. The summed E-state index contributed by atoms with van der Waals surface area (Å²) in [6, 6.07) is 9.91. The minimum atomic E-state index is -0.609. The topological polar surface area (TPSA) is 104 Å². The van der Waals surface area contributed by atoms with E-state index in [1.165, 1.54) is 0 Å². The van der Waals surface area contributed by atoms with Crippen LogP contribution in [0.4, 0.5) is 21.9 Å². The molecule has 0 bridgehead atoms. The molecule has 0 spiro atoms. The van der Waals surface area contributed by atoms with Gasteiger partial charge in [0.05, 0.1) is 10.6 Å². The van der Waals surface area contributed by atoms with Gasteiger partial charge in [-0.25, -0.2) is 4.79 Å². The summed E-state index contributed by atoms with van der Waals surface area (Å²) in [5.41, 5.74) is 1.37. The molecule has 0 atom stereocenters. The zero-order chi connectivity index (χ0) is 15.4. The number of urea groups is 1. The highest BCUT2D eigenvalue weighted by molar-refractivity contribution is 6.00. The average molecular weight is 287 g/mol. The lowest BCUT2D eigenvalue weighted by atomic mass is 10.2. The number of aryl methyl sites for hydroxylation is 1. The number of nitro groups is 1. The van der Waals surface area contributed by atoms with E-state index in [1.807, 2.05) is 19.1 Å². The van der Waals surface area contributed by atoms with Gasteiger partial charge in [0, 0.05) is 17.8 Å². The third-order valence-corrected chi connectivity index (χ3v) is 2.75. The number of benzene rings is 2. The van der Waals surface area contributed by atoms with Gasteiger partial charge in [-0.05, 0) is 25.1 Å². The highest BCUT2D eigenvalue weighted by atomic mass is 16.6.